The minimum atomic E-state index is -1.12. The van der Waals surface area contributed by atoms with Crippen LogP contribution in [0.15, 0.2) is 0 Å². The van der Waals surface area contributed by atoms with Gasteiger partial charge in [-0.3, -0.25) is 0 Å². The minimum Gasteiger partial charge on any atom is -0.475 e. The summed E-state index contributed by atoms with van der Waals surface area (Å²) >= 11 is 0. The van der Waals surface area contributed by atoms with Crippen molar-refractivity contribution in [2.24, 2.45) is 23.7 Å². The largest absolute Gasteiger partial charge is 0.475 e. The second-order valence-electron chi connectivity index (χ2n) is 11.9. The Bertz CT molecular complexity index is 1160. The van der Waals surface area contributed by atoms with Gasteiger partial charge in [0.25, 0.3) is 0 Å². The van der Waals surface area contributed by atoms with Crippen LogP contribution in [0.1, 0.15) is 95.6 Å². The second-order valence-corrected chi connectivity index (χ2v) is 11.9. The Morgan fingerprint density at radius 1 is 1.05 bits per heavy atom. The molecule has 3 fully saturated rings. The van der Waals surface area contributed by atoms with Gasteiger partial charge in [0.2, 0.25) is 11.8 Å². The highest BCUT2D eigenvalue weighted by Gasteiger charge is 2.33. The number of aromatic nitrogens is 4. The van der Waals surface area contributed by atoms with Crippen LogP contribution >= 0.6 is 0 Å². The van der Waals surface area contributed by atoms with Gasteiger partial charge in [0, 0.05) is 31.1 Å². The molecule has 0 spiro atoms. The van der Waals surface area contributed by atoms with Crippen molar-refractivity contribution in [1.82, 2.24) is 19.5 Å². The summed E-state index contributed by atoms with van der Waals surface area (Å²) in [5.41, 5.74) is 1.33. The number of carboxylic acids is 1. The smallest absolute Gasteiger partial charge is 0.374 e. The Labute approximate surface area is 220 Å². The number of anilines is 2. The molecule has 8 nitrogen and oxygen atoms in total. The van der Waals surface area contributed by atoms with E-state index in [1.807, 2.05) is 0 Å². The fourth-order valence-corrected chi connectivity index (χ4v) is 6.56. The number of carbonyl (C=O) groups is 1. The summed E-state index contributed by atoms with van der Waals surface area (Å²) in [6, 6.07) is 0.614. The number of fused-ring (bicyclic) bond motifs is 1. The molecule has 3 aliphatic rings. The molecule has 0 amide bonds. The molecule has 2 aromatic rings. The maximum Gasteiger partial charge on any atom is 0.374 e. The summed E-state index contributed by atoms with van der Waals surface area (Å²) in [5.74, 6) is 5.12. The normalized spacial score (nSPS) is 25.6. The number of hydrogen-bond acceptors (Lipinski definition) is 6. The molecule has 8 heteroatoms. The summed E-state index contributed by atoms with van der Waals surface area (Å²) in [4.78, 5) is 28.5. The molecule has 2 atom stereocenters. The highest BCUT2D eigenvalue weighted by Crippen LogP contribution is 2.37. The Kier molecular flexibility index (Phi) is 7.60. The summed E-state index contributed by atoms with van der Waals surface area (Å²) in [6.07, 6.45) is 17.2. The SMILES string of the molecule is C#C[C@H]1CC[C@H](Cn2c(N3CCCCC3C(C)C)nc3nc(C(=O)O)nc(N[C@H](C)C4CCC4)c32)CC1. The summed E-state index contributed by atoms with van der Waals surface area (Å²) in [6.45, 7) is 8.53. The average Bonchev–Trinajstić information content (AvgIpc) is 3.21. The molecule has 2 aromatic heterocycles. The Hall–Kier alpha value is -2.82. The van der Waals surface area contributed by atoms with Crippen molar-refractivity contribution in [2.45, 2.75) is 104 Å². The number of piperidine rings is 1. The van der Waals surface area contributed by atoms with E-state index in [0.717, 1.165) is 63.1 Å². The van der Waals surface area contributed by atoms with Gasteiger partial charge in [0.05, 0.1) is 0 Å². The third kappa shape index (κ3) is 5.28. The first-order chi connectivity index (χ1) is 17.9. The molecule has 37 heavy (non-hydrogen) atoms. The molecule has 2 aliphatic carbocycles. The van der Waals surface area contributed by atoms with E-state index >= 15 is 0 Å². The number of hydrogen-bond donors (Lipinski definition) is 2. The number of terminal acetylenes is 1. The van der Waals surface area contributed by atoms with E-state index in [1.165, 1.54) is 25.7 Å². The predicted octanol–water partition coefficient (Wildman–Crippen LogP) is 5.58. The van der Waals surface area contributed by atoms with Crippen LogP contribution in [0.4, 0.5) is 11.8 Å². The van der Waals surface area contributed by atoms with Crippen LogP contribution in [0.5, 0.6) is 0 Å². The van der Waals surface area contributed by atoms with Crippen molar-refractivity contribution in [1.29, 1.82) is 0 Å². The summed E-state index contributed by atoms with van der Waals surface area (Å²) in [7, 11) is 0. The van der Waals surface area contributed by atoms with E-state index in [1.54, 1.807) is 0 Å². The van der Waals surface area contributed by atoms with Crippen LogP contribution < -0.4 is 10.2 Å². The number of imidazole rings is 1. The summed E-state index contributed by atoms with van der Waals surface area (Å²) < 4.78 is 2.32. The van der Waals surface area contributed by atoms with Gasteiger partial charge in [-0.05, 0) is 82.5 Å². The van der Waals surface area contributed by atoms with Gasteiger partial charge in [0.1, 0.15) is 5.52 Å². The van der Waals surface area contributed by atoms with Crippen LogP contribution in [0, 0.1) is 36.0 Å². The van der Waals surface area contributed by atoms with Gasteiger partial charge in [-0.15, -0.1) is 12.3 Å². The molecule has 5 rings (SSSR count). The fraction of sp³-hybridized carbons (Fsp3) is 0.724. The lowest BCUT2D eigenvalue weighted by Crippen LogP contribution is -2.44. The van der Waals surface area contributed by atoms with Crippen molar-refractivity contribution >= 4 is 28.9 Å². The van der Waals surface area contributed by atoms with Gasteiger partial charge in [-0.25, -0.2) is 14.8 Å². The molecule has 0 radical (unpaired) electrons. The third-order valence-corrected chi connectivity index (χ3v) is 9.09. The van der Waals surface area contributed by atoms with Gasteiger partial charge in [-0.2, -0.15) is 4.98 Å². The number of rotatable bonds is 8. The van der Waals surface area contributed by atoms with Crippen LogP contribution in [-0.4, -0.2) is 49.2 Å². The Morgan fingerprint density at radius 2 is 1.81 bits per heavy atom. The summed E-state index contributed by atoms with van der Waals surface area (Å²) in [5, 5.41) is 13.4. The molecular formula is C29H42N6O2. The van der Waals surface area contributed by atoms with E-state index in [2.05, 4.69) is 51.4 Å². The molecule has 0 bridgehead atoms. The number of nitrogens with one attached hydrogen (secondary N) is 1. The highest BCUT2D eigenvalue weighted by atomic mass is 16.4. The highest BCUT2D eigenvalue weighted by molar-refractivity contribution is 5.91. The standard InChI is InChI=1S/C29H42N6O2/c1-5-20-12-14-21(15-13-20)17-35-24-25(30-19(4)22-9-8-10-22)31-27(28(36)37)32-26(24)33-29(35)34-16-7-6-11-23(34)18(2)3/h1,18-23H,6-17H2,2-4H3,(H,36,37)(H,30,31,32)/t19-,20-,21-,23?/m1/s1. The molecule has 1 unspecified atom stereocenters. The lowest BCUT2D eigenvalue weighted by Gasteiger charge is -2.39. The van der Waals surface area contributed by atoms with Crippen molar-refractivity contribution in [2.75, 3.05) is 16.8 Å². The number of carboxylic acid groups (broad SMARTS) is 1. The first-order valence-corrected chi connectivity index (χ1v) is 14.4. The molecule has 200 valence electrons. The molecule has 2 saturated carbocycles. The molecule has 3 heterocycles. The van der Waals surface area contributed by atoms with Crippen molar-refractivity contribution < 1.29 is 9.90 Å². The topological polar surface area (TPSA) is 96.2 Å². The van der Waals surface area contributed by atoms with Crippen molar-refractivity contribution in [3.63, 3.8) is 0 Å². The number of nitrogens with zero attached hydrogens (tertiary/aromatic N) is 5. The zero-order chi connectivity index (χ0) is 26.1. The maximum absolute atomic E-state index is 12.0. The van der Waals surface area contributed by atoms with Gasteiger partial charge < -0.3 is 19.9 Å². The Morgan fingerprint density at radius 3 is 2.43 bits per heavy atom. The van der Waals surface area contributed by atoms with E-state index in [4.69, 9.17) is 11.4 Å². The lowest BCUT2D eigenvalue weighted by atomic mass is 9.80. The van der Waals surface area contributed by atoms with Gasteiger partial charge in [0.15, 0.2) is 11.5 Å². The van der Waals surface area contributed by atoms with Crippen LogP contribution in [-0.2, 0) is 6.54 Å². The van der Waals surface area contributed by atoms with E-state index < -0.39 is 5.97 Å². The monoisotopic (exact) mass is 506 g/mol. The zero-order valence-electron chi connectivity index (χ0n) is 22.6. The molecule has 1 aliphatic heterocycles. The first kappa shape index (κ1) is 25.8. The molecule has 0 aromatic carbocycles. The van der Waals surface area contributed by atoms with Crippen molar-refractivity contribution in [3.05, 3.63) is 5.82 Å². The lowest BCUT2D eigenvalue weighted by molar-refractivity contribution is 0.0684. The zero-order valence-corrected chi connectivity index (χ0v) is 22.6. The quantitative estimate of drug-likeness (QED) is 0.451. The third-order valence-electron chi connectivity index (χ3n) is 9.09. The molecule has 1 saturated heterocycles. The van der Waals surface area contributed by atoms with E-state index in [9.17, 15) is 9.90 Å². The fourth-order valence-electron chi connectivity index (χ4n) is 6.56. The first-order valence-electron chi connectivity index (χ1n) is 14.4. The minimum absolute atomic E-state index is 0.194. The molecule has 2 N–H and O–H groups in total. The molecular weight excluding hydrogens is 464 g/mol. The van der Waals surface area contributed by atoms with Crippen molar-refractivity contribution in [3.8, 4) is 12.3 Å². The van der Waals surface area contributed by atoms with Crippen LogP contribution in [0.3, 0.4) is 0 Å². The van der Waals surface area contributed by atoms with Crippen LogP contribution in [0.2, 0.25) is 0 Å². The van der Waals surface area contributed by atoms with E-state index in [-0.39, 0.29) is 11.9 Å². The second kappa shape index (κ2) is 10.9. The van der Waals surface area contributed by atoms with E-state index in [0.29, 0.717) is 41.2 Å². The average molecular weight is 507 g/mol. The Balaban J connectivity index is 1.60. The predicted molar refractivity (Wildman–Crippen MR) is 147 cm³/mol. The maximum atomic E-state index is 12.0. The number of aromatic carboxylic acids is 1. The van der Waals surface area contributed by atoms with Gasteiger partial charge in [-0.1, -0.05) is 20.3 Å². The van der Waals surface area contributed by atoms with Crippen LogP contribution in [0.25, 0.3) is 11.2 Å². The van der Waals surface area contributed by atoms with Gasteiger partial charge >= 0.3 is 5.97 Å².